The van der Waals surface area contributed by atoms with E-state index >= 15 is 0 Å². The quantitative estimate of drug-likeness (QED) is 0.866. The third kappa shape index (κ3) is 4.02. The van der Waals surface area contributed by atoms with Gasteiger partial charge in [0.25, 0.3) is 0 Å². The zero-order valence-corrected chi connectivity index (χ0v) is 14.8. The number of aromatic nitrogens is 1. The summed E-state index contributed by atoms with van der Waals surface area (Å²) in [6.07, 6.45) is 4.10. The highest BCUT2D eigenvalue weighted by molar-refractivity contribution is 7.09. The molecule has 0 amide bonds. The van der Waals surface area contributed by atoms with Crippen molar-refractivity contribution in [2.75, 3.05) is 13.1 Å². The molecule has 0 bridgehead atoms. The van der Waals surface area contributed by atoms with E-state index in [9.17, 15) is 9.90 Å². The second kappa shape index (κ2) is 7.90. The van der Waals surface area contributed by atoms with Crippen LogP contribution in [0.5, 0.6) is 0 Å². The van der Waals surface area contributed by atoms with Gasteiger partial charge in [-0.25, -0.2) is 4.98 Å². The van der Waals surface area contributed by atoms with Crippen LogP contribution in [0.3, 0.4) is 0 Å². The highest BCUT2D eigenvalue weighted by Gasteiger charge is 2.31. The lowest BCUT2D eigenvalue weighted by atomic mass is 9.92. The SMILES string of the molecule is CCc1csc(CC2CCN(C(C(=O)O)c3ccccc3)CC2)n1. The molecule has 1 saturated heterocycles. The molecule has 1 aromatic carbocycles. The number of rotatable bonds is 6. The Kier molecular flexibility index (Phi) is 5.63. The topological polar surface area (TPSA) is 53.4 Å². The molecule has 1 aliphatic heterocycles. The van der Waals surface area contributed by atoms with Crippen LogP contribution in [0.1, 0.15) is 42.1 Å². The van der Waals surface area contributed by atoms with Crippen molar-refractivity contribution in [2.24, 2.45) is 5.92 Å². The summed E-state index contributed by atoms with van der Waals surface area (Å²) in [7, 11) is 0. The molecule has 128 valence electrons. The number of hydrogen-bond acceptors (Lipinski definition) is 4. The number of benzene rings is 1. The van der Waals surface area contributed by atoms with Crippen molar-refractivity contribution >= 4 is 17.3 Å². The molecular weight excluding hydrogens is 320 g/mol. The van der Waals surface area contributed by atoms with Crippen LogP contribution in [-0.4, -0.2) is 34.0 Å². The molecule has 24 heavy (non-hydrogen) atoms. The number of carboxylic acids is 1. The Bertz CT molecular complexity index is 663. The average molecular weight is 344 g/mol. The van der Waals surface area contributed by atoms with E-state index in [0.717, 1.165) is 44.3 Å². The van der Waals surface area contributed by atoms with Crippen molar-refractivity contribution in [2.45, 2.75) is 38.6 Å². The number of nitrogens with zero attached hydrogens (tertiary/aromatic N) is 2. The van der Waals surface area contributed by atoms with Crippen molar-refractivity contribution in [3.63, 3.8) is 0 Å². The Balaban J connectivity index is 1.60. The highest BCUT2D eigenvalue weighted by Crippen LogP contribution is 2.29. The number of hydrogen-bond donors (Lipinski definition) is 1. The number of carbonyl (C=O) groups is 1. The number of likely N-dealkylation sites (tertiary alicyclic amines) is 1. The van der Waals surface area contributed by atoms with Gasteiger partial charge in [0.05, 0.1) is 10.7 Å². The standard InChI is InChI=1S/C19H24N2O2S/c1-2-16-13-24-17(20-16)12-14-8-10-21(11-9-14)18(19(22)23)15-6-4-3-5-7-15/h3-7,13-14,18H,2,8-12H2,1H3,(H,22,23). The fraction of sp³-hybridized carbons (Fsp3) is 0.474. The largest absolute Gasteiger partial charge is 0.480 e. The predicted molar refractivity (Wildman–Crippen MR) is 96.3 cm³/mol. The summed E-state index contributed by atoms with van der Waals surface area (Å²) in [5, 5.41) is 13.0. The molecule has 0 spiro atoms. The first-order valence-electron chi connectivity index (χ1n) is 8.62. The molecule has 1 aromatic heterocycles. The van der Waals surface area contributed by atoms with Gasteiger partial charge >= 0.3 is 5.97 Å². The van der Waals surface area contributed by atoms with Gasteiger partial charge in [-0.2, -0.15) is 0 Å². The molecule has 0 aliphatic carbocycles. The molecular formula is C19H24N2O2S. The summed E-state index contributed by atoms with van der Waals surface area (Å²) in [5.41, 5.74) is 2.05. The zero-order valence-electron chi connectivity index (χ0n) is 14.0. The van der Waals surface area contributed by atoms with Gasteiger partial charge in [0.1, 0.15) is 6.04 Å². The van der Waals surface area contributed by atoms with E-state index in [4.69, 9.17) is 0 Å². The van der Waals surface area contributed by atoms with Crippen LogP contribution in [0.2, 0.25) is 0 Å². The maximum absolute atomic E-state index is 11.8. The third-order valence-corrected chi connectivity index (χ3v) is 5.71. The van der Waals surface area contributed by atoms with E-state index in [-0.39, 0.29) is 0 Å². The molecule has 2 aromatic rings. The van der Waals surface area contributed by atoms with Gasteiger partial charge in [-0.3, -0.25) is 9.69 Å². The summed E-state index contributed by atoms with van der Waals surface area (Å²) >= 11 is 1.76. The lowest BCUT2D eigenvalue weighted by Gasteiger charge is -2.35. The minimum atomic E-state index is -0.757. The first kappa shape index (κ1) is 17.1. The lowest BCUT2D eigenvalue weighted by Crippen LogP contribution is -2.40. The van der Waals surface area contributed by atoms with Crippen LogP contribution in [0.15, 0.2) is 35.7 Å². The van der Waals surface area contributed by atoms with Crippen LogP contribution in [0.25, 0.3) is 0 Å². The fourth-order valence-corrected chi connectivity index (χ4v) is 4.41. The van der Waals surface area contributed by atoms with Crippen LogP contribution in [0.4, 0.5) is 0 Å². The number of carboxylic acid groups (broad SMARTS) is 1. The van der Waals surface area contributed by atoms with Gasteiger partial charge in [-0.1, -0.05) is 37.3 Å². The summed E-state index contributed by atoms with van der Waals surface area (Å²) in [6.45, 7) is 3.80. The van der Waals surface area contributed by atoms with Gasteiger partial charge in [0, 0.05) is 11.8 Å². The molecule has 1 atom stereocenters. The van der Waals surface area contributed by atoms with Crippen LogP contribution < -0.4 is 0 Å². The first-order chi connectivity index (χ1) is 11.7. The number of aryl methyl sites for hydroxylation is 1. The van der Waals surface area contributed by atoms with Crippen molar-refractivity contribution < 1.29 is 9.90 Å². The van der Waals surface area contributed by atoms with Crippen LogP contribution >= 0.6 is 11.3 Å². The third-order valence-electron chi connectivity index (χ3n) is 4.79. The van der Waals surface area contributed by atoms with Crippen molar-refractivity contribution in [1.82, 2.24) is 9.88 Å². The number of piperidine rings is 1. The number of thiazole rings is 1. The molecule has 3 rings (SSSR count). The average Bonchev–Trinajstić information content (AvgIpc) is 3.05. The summed E-state index contributed by atoms with van der Waals surface area (Å²) in [6, 6.07) is 9.03. The maximum Gasteiger partial charge on any atom is 0.325 e. The highest BCUT2D eigenvalue weighted by atomic mass is 32.1. The fourth-order valence-electron chi connectivity index (χ4n) is 3.41. The normalized spacial score (nSPS) is 17.7. The molecule has 0 radical (unpaired) electrons. The molecule has 1 aliphatic rings. The zero-order chi connectivity index (χ0) is 16.9. The van der Waals surface area contributed by atoms with Gasteiger partial charge in [-0.15, -0.1) is 11.3 Å². The second-order valence-electron chi connectivity index (χ2n) is 6.42. The van der Waals surface area contributed by atoms with Crippen LogP contribution in [0, 0.1) is 5.92 Å². The minimum Gasteiger partial charge on any atom is -0.480 e. The molecule has 2 heterocycles. The summed E-state index contributed by atoms with van der Waals surface area (Å²) < 4.78 is 0. The van der Waals surface area contributed by atoms with E-state index in [2.05, 4.69) is 22.2 Å². The Morgan fingerprint density at radius 2 is 2.04 bits per heavy atom. The Morgan fingerprint density at radius 3 is 2.62 bits per heavy atom. The van der Waals surface area contributed by atoms with Gasteiger partial charge in [0.2, 0.25) is 0 Å². The molecule has 4 nitrogen and oxygen atoms in total. The first-order valence-corrected chi connectivity index (χ1v) is 9.50. The monoisotopic (exact) mass is 344 g/mol. The Labute approximate surface area is 147 Å². The smallest absolute Gasteiger partial charge is 0.325 e. The Morgan fingerprint density at radius 1 is 1.33 bits per heavy atom. The van der Waals surface area contributed by atoms with Crippen molar-refractivity contribution in [3.05, 3.63) is 52.0 Å². The van der Waals surface area contributed by atoms with E-state index in [1.165, 1.54) is 10.7 Å². The van der Waals surface area contributed by atoms with Crippen molar-refractivity contribution in [3.8, 4) is 0 Å². The lowest BCUT2D eigenvalue weighted by molar-refractivity contribution is -0.144. The maximum atomic E-state index is 11.8. The van der Waals surface area contributed by atoms with E-state index in [1.807, 2.05) is 30.3 Å². The van der Waals surface area contributed by atoms with Gasteiger partial charge < -0.3 is 5.11 Å². The molecule has 1 fully saturated rings. The Hall–Kier alpha value is -1.72. The molecule has 1 unspecified atom stereocenters. The number of aliphatic carboxylic acids is 1. The molecule has 5 heteroatoms. The van der Waals surface area contributed by atoms with E-state index in [0.29, 0.717) is 5.92 Å². The van der Waals surface area contributed by atoms with E-state index < -0.39 is 12.0 Å². The van der Waals surface area contributed by atoms with E-state index in [1.54, 1.807) is 11.3 Å². The van der Waals surface area contributed by atoms with Gasteiger partial charge in [0.15, 0.2) is 0 Å². The van der Waals surface area contributed by atoms with Gasteiger partial charge in [-0.05, 0) is 43.8 Å². The predicted octanol–water partition coefficient (Wildman–Crippen LogP) is 3.79. The summed E-state index contributed by atoms with van der Waals surface area (Å²) in [4.78, 5) is 18.5. The van der Waals surface area contributed by atoms with Crippen molar-refractivity contribution in [1.29, 1.82) is 0 Å². The summed E-state index contributed by atoms with van der Waals surface area (Å²) in [5.74, 6) is -0.144. The molecule has 1 N–H and O–H groups in total. The minimum absolute atomic E-state index is 0.529. The molecule has 0 saturated carbocycles. The van der Waals surface area contributed by atoms with Crippen LogP contribution in [-0.2, 0) is 17.6 Å². The second-order valence-corrected chi connectivity index (χ2v) is 7.36.